The van der Waals surface area contributed by atoms with Gasteiger partial charge in [-0.15, -0.1) is 0 Å². The highest BCUT2D eigenvalue weighted by molar-refractivity contribution is 7.89. The number of sulfonamides is 1. The van der Waals surface area contributed by atoms with Crippen LogP contribution in [0.25, 0.3) is 0 Å². The quantitative estimate of drug-likeness (QED) is 0.550. The summed E-state index contributed by atoms with van der Waals surface area (Å²) < 4.78 is 47.2. The monoisotopic (exact) mass is 431 g/mol. The predicted octanol–water partition coefficient (Wildman–Crippen LogP) is 2.73. The maximum absolute atomic E-state index is 13.9. The van der Waals surface area contributed by atoms with Crippen molar-refractivity contribution in [2.75, 3.05) is 26.9 Å². The van der Waals surface area contributed by atoms with Crippen molar-refractivity contribution in [3.05, 3.63) is 0 Å². The molecule has 3 rings (SSSR count). The predicted molar refractivity (Wildman–Crippen MR) is 110 cm³/mol. The van der Waals surface area contributed by atoms with Crippen LogP contribution < -0.4 is 0 Å². The topological polar surface area (TPSA) is 82.1 Å². The minimum absolute atomic E-state index is 0.0797. The molecule has 0 amide bonds. The van der Waals surface area contributed by atoms with E-state index < -0.39 is 32.6 Å². The van der Waals surface area contributed by atoms with Gasteiger partial charge in [0.05, 0.1) is 22.8 Å². The maximum atomic E-state index is 13.9. The summed E-state index contributed by atoms with van der Waals surface area (Å²) in [4.78, 5) is 12.9. The van der Waals surface area contributed by atoms with E-state index in [9.17, 15) is 13.2 Å². The number of carbonyl (C=O) groups is 1. The summed E-state index contributed by atoms with van der Waals surface area (Å²) in [6.45, 7) is 8.87. The number of hydrogen-bond donors (Lipinski definition) is 0. The Hall–Kier alpha value is -0.540. The van der Waals surface area contributed by atoms with Gasteiger partial charge in [0, 0.05) is 39.7 Å². The summed E-state index contributed by atoms with van der Waals surface area (Å²) in [6, 6.07) is -0.204. The lowest BCUT2D eigenvalue weighted by Gasteiger charge is -2.38. The van der Waals surface area contributed by atoms with Crippen molar-refractivity contribution in [1.29, 1.82) is 0 Å². The van der Waals surface area contributed by atoms with Crippen LogP contribution >= 0.6 is 0 Å². The molecule has 4 atom stereocenters. The van der Waals surface area contributed by atoms with E-state index in [1.807, 2.05) is 27.7 Å². The average Bonchev–Trinajstić information content (AvgIpc) is 3.28. The van der Waals surface area contributed by atoms with Crippen molar-refractivity contribution in [1.82, 2.24) is 4.31 Å². The maximum Gasteiger partial charge on any atom is 0.217 e. The Kier molecular flexibility index (Phi) is 6.81. The number of carbonyl (C=O) groups excluding carboxylic acids is 1. The largest absolute Gasteiger partial charge is 0.377 e. The van der Waals surface area contributed by atoms with Crippen molar-refractivity contribution >= 4 is 15.8 Å². The zero-order valence-corrected chi connectivity index (χ0v) is 19.3. The van der Waals surface area contributed by atoms with E-state index in [0.717, 1.165) is 19.3 Å². The molecule has 0 bridgehead atoms. The molecule has 0 N–H and O–H groups in total. The summed E-state index contributed by atoms with van der Waals surface area (Å²) >= 11 is 0. The molecule has 1 heterocycles. The van der Waals surface area contributed by atoms with Crippen LogP contribution in [0, 0.1) is 11.8 Å². The third kappa shape index (κ3) is 3.91. The Balaban J connectivity index is 1.99. The molecule has 1 unspecified atom stereocenters. The van der Waals surface area contributed by atoms with Gasteiger partial charge in [-0.2, -0.15) is 4.31 Å². The normalized spacial score (nSPS) is 33.2. The fourth-order valence-electron chi connectivity index (χ4n) is 5.81. The van der Waals surface area contributed by atoms with Crippen LogP contribution in [0.15, 0.2) is 0 Å². The van der Waals surface area contributed by atoms with E-state index in [2.05, 4.69) is 0 Å². The second-order valence-corrected chi connectivity index (χ2v) is 11.1. The minimum Gasteiger partial charge on any atom is -0.377 e. The second-order valence-electron chi connectivity index (χ2n) is 9.04. The molecule has 0 aromatic heterocycles. The van der Waals surface area contributed by atoms with Gasteiger partial charge in [-0.1, -0.05) is 0 Å². The van der Waals surface area contributed by atoms with E-state index >= 15 is 0 Å². The molecule has 7 nitrogen and oxygen atoms in total. The van der Waals surface area contributed by atoms with Crippen molar-refractivity contribution in [2.24, 2.45) is 11.8 Å². The summed E-state index contributed by atoms with van der Waals surface area (Å²) in [5.74, 6) is -1.82. The average molecular weight is 432 g/mol. The van der Waals surface area contributed by atoms with Crippen LogP contribution in [-0.2, 0) is 29.0 Å². The van der Waals surface area contributed by atoms with Gasteiger partial charge in [0.25, 0.3) is 0 Å². The van der Waals surface area contributed by atoms with Crippen molar-refractivity contribution in [2.45, 2.75) is 88.9 Å². The molecule has 2 saturated carbocycles. The van der Waals surface area contributed by atoms with E-state index in [1.54, 1.807) is 11.4 Å². The summed E-state index contributed by atoms with van der Waals surface area (Å²) in [5, 5.41) is -0.664. The molecular weight excluding hydrogens is 394 g/mol. The van der Waals surface area contributed by atoms with Crippen molar-refractivity contribution in [3.63, 3.8) is 0 Å². The van der Waals surface area contributed by atoms with Gasteiger partial charge in [0.15, 0.2) is 5.79 Å². The molecule has 2 aliphatic carbocycles. The third-order valence-corrected chi connectivity index (χ3v) is 9.56. The molecule has 0 aromatic carbocycles. The SMILES string of the molecule is CCOC1(OCC)CC(S(=O)(=O)N2CCC[C@H]2C(C)(C)OC)[C@@H]2CCCC(=O)[C@@H]21. The van der Waals surface area contributed by atoms with E-state index in [1.165, 1.54) is 0 Å². The standard InChI is InChI=1S/C21H37NO6S/c1-6-27-21(28-7-2)14-17(15-10-8-11-16(23)19(15)21)29(24,25)22-13-9-12-18(22)20(3,4)26-5/h15,17-19H,6-14H2,1-5H3/t15-,17?,18-,19+/m0/s1. The summed E-state index contributed by atoms with van der Waals surface area (Å²) in [7, 11) is -2.01. The van der Waals surface area contributed by atoms with Crippen LogP contribution in [0.1, 0.15) is 66.2 Å². The van der Waals surface area contributed by atoms with Gasteiger partial charge in [0.1, 0.15) is 5.78 Å². The zero-order chi connectivity index (χ0) is 21.4. The Bertz CT molecular complexity index is 700. The van der Waals surface area contributed by atoms with Crippen LogP contribution in [0.2, 0.25) is 0 Å². The molecular formula is C21H37NO6S. The molecule has 1 saturated heterocycles. The Morgan fingerprint density at radius 2 is 1.79 bits per heavy atom. The van der Waals surface area contributed by atoms with Gasteiger partial charge in [-0.05, 0) is 59.3 Å². The summed E-state index contributed by atoms with van der Waals surface area (Å²) in [6.07, 6.45) is 3.73. The lowest BCUT2D eigenvalue weighted by Crippen LogP contribution is -2.52. The molecule has 29 heavy (non-hydrogen) atoms. The molecule has 3 aliphatic rings. The highest BCUT2D eigenvalue weighted by Gasteiger charge is 2.63. The van der Waals surface area contributed by atoms with Crippen molar-refractivity contribution in [3.8, 4) is 0 Å². The van der Waals surface area contributed by atoms with Crippen LogP contribution in [0.3, 0.4) is 0 Å². The smallest absolute Gasteiger partial charge is 0.217 e. The first kappa shape index (κ1) is 23.1. The van der Waals surface area contributed by atoms with Gasteiger partial charge in [0.2, 0.25) is 10.0 Å². The fourth-order valence-corrected chi connectivity index (χ4v) is 8.43. The molecule has 3 fully saturated rings. The Labute approximate surface area is 175 Å². The third-order valence-electron chi connectivity index (χ3n) is 7.19. The number of ketones is 1. The fraction of sp³-hybridized carbons (Fsp3) is 0.952. The minimum atomic E-state index is -3.64. The summed E-state index contributed by atoms with van der Waals surface area (Å²) in [5.41, 5.74) is -0.569. The lowest BCUT2D eigenvalue weighted by atomic mass is 9.78. The van der Waals surface area contributed by atoms with Crippen LogP contribution in [0.4, 0.5) is 0 Å². The second kappa shape index (κ2) is 8.54. The van der Waals surface area contributed by atoms with E-state index in [-0.39, 0.29) is 24.2 Å². The molecule has 0 radical (unpaired) electrons. The number of Topliss-reactive ketones (excluding diaryl/α,β-unsaturated/α-hetero) is 1. The number of fused-ring (bicyclic) bond motifs is 1. The molecule has 168 valence electrons. The highest BCUT2D eigenvalue weighted by atomic mass is 32.2. The highest BCUT2D eigenvalue weighted by Crippen LogP contribution is 2.53. The number of ether oxygens (including phenoxy) is 3. The first-order valence-electron chi connectivity index (χ1n) is 11.0. The molecule has 8 heteroatoms. The first-order valence-corrected chi connectivity index (χ1v) is 12.5. The van der Waals surface area contributed by atoms with Gasteiger partial charge in [-0.3, -0.25) is 4.79 Å². The number of nitrogens with zero attached hydrogens (tertiary/aromatic N) is 1. The van der Waals surface area contributed by atoms with E-state index in [4.69, 9.17) is 14.2 Å². The molecule has 0 spiro atoms. The Morgan fingerprint density at radius 1 is 1.14 bits per heavy atom. The van der Waals surface area contributed by atoms with Crippen LogP contribution in [-0.4, -0.2) is 68.1 Å². The number of rotatable bonds is 8. The number of methoxy groups -OCH3 is 1. The van der Waals surface area contributed by atoms with Gasteiger partial charge >= 0.3 is 0 Å². The van der Waals surface area contributed by atoms with Crippen LogP contribution in [0.5, 0.6) is 0 Å². The van der Waals surface area contributed by atoms with Gasteiger partial charge in [-0.25, -0.2) is 8.42 Å². The van der Waals surface area contributed by atoms with Crippen molar-refractivity contribution < 1.29 is 27.4 Å². The first-order chi connectivity index (χ1) is 13.6. The lowest BCUT2D eigenvalue weighted by molar-refractivity contribution is -0.252. The van der Waals surface area contributed by atoms with Gasteiger partial charge < -0.3 is 14.2 Å². The molecule has 1 aliphatic heterocycles. The Morgan fingerprint density at radius 3 is 2.38 bits per heavy atom. The number of hydrogen-bond acceptors (Lipinski definition) is 6. The molecule has 0 aromatic rings. The van der Waals surface area contributed by atoms with E-state index in [0.29, 0.717) is 32.6 Å². The zero-order valence-electron chi connectivity index (χ0n) is 18.5.